The van der Waals surface area contributed by atoms with E-state index < -0.39 is 0 Å². The standard InChI is InChI=1S/C17H22BrN5/c1-12-10-14(18)4-5-15(12)21-16-11-17(20-13(2)19-16)23-8-6-22(3)7-9-23/h4-5,10-11H,6-9H2,1-3H3,(H,19,20,21). The third-order valence-corrected chi connectivity index (χ3v) is 4.60. The zero-order chi connectivity index (χ0) is 16.4. The summed E-state index contributed by atoms with van der Waals surface area (Å²) in [5, 5.41) is 3.42. The fourth-order valence-electron chi connectivity index (χ4n) is 2.72. The minimum atomic E-state index is 0.790. The Morgan fingerprint density at radius 2 is 1.78 bits per heavy atom. The van der Waals surface area contributed by atoms with Crippen molar-refractivity contribution in [2.24, 2.45) is 0 Å². The first-order valence-electron chi connectivity index (χ1n) is 7.83. The smallest absolute Gasteiger partial charge is 0.136 e. The Balaban J connectivity index is 1.82. The van der Waals surface area contributed by atoms with E-state index in [9.17, 15) is 0 Å². The van der Waals surface area contributed by atoms with Crippen LogP contribution in [0.4, 0.5) is 17.3 Å². The van der Waals surface area contributed by atoms with Crippen molar-refractivity contribution >= 4 is 33.3 Å². The van der Waals surface area contributed by atoms with Gasteiger partial charge in [0.05, 0.1) is 0 Å². The van der Waals surface area contributed by atoms with Crippen LogP contribution in [-0.2, 0) is 0 Å². The molecule has 0 bridgehead atoms. The Kier molecular flexibility index (Phi) is 4.82. The summed E-state index contributed by atoms with van der Waals surface area (Å²) in [7, 11) is 2.16. The van der Waals surface area contributed by atoms with Gasteiger partial charge in [-0.3, -0.25) is 0 Å². The minimum absolute atomic E-state index is 0.790. The van der Waals surface area contributed by atoms with Crippen LogP contribution in [0.2, 0.25) is 0 Å². The van der Waals surface area contributed by atoms with Crippen molar-refractivity contribution in [3.8, 4) is 0 Å². The number of likely N-dealkylation sites (N-methyl/N-ethyl adjacent to an activating group) is 1. The number of aryl methyl sites for hydroxylation is 2. The van der Waals surface area contributed by atoms with E-state index in [4.69, 9.17) is 0 Å². The van der Waals surface area contributed by atoms with Gasteiger partial charge in [-0.2, -0.15) is 0 Å². The first-order chi connectivity index (χ1) is 11.0. The first kappa shape index (κ1) is 16.2. The zero-order valence-corrected chi connectivity index (χ0v) is 15.4. The van der Waals surface area contributed by atoms with Crippen LogP contribution in [0.15, 0.2) is 28.7 Å². The first-order valence-corrected chi connectivity index (χ1v) is 8.63. The van der Waals surface area contributed by atoms with Gasteiger partial charge in [-0.1, -0.05) is 15.9 Å². The molecule has 5 nitrogen and oxygen atoms in total. The van der Waals surface area contributed by atoms with Gasteiger partial charge in [0, 0.05) is 42.4 Å². The lowest BCUT2D eigenvalue weighted by molar-refractivity contribution is 0.312. The number of rotatable bonds is 3. The molecular weight excluding hydrogens is 354 g/mol. The highest BCUT2D eigenvalue weighted by Gasteiger charge is 2.16. The van der Waals surface area contributed by atoms with Crippen LogP contribution in [0, 0.1) is 13.8 Å². The van der Waals surface area contributed by atoms with Crippen molar-refractivity contribution in [3.05, 3.63) is 40.1 Å². The number of hydrogen-bond acceptors (Lipinski definition) is 5. The van der Waals surface area contributed by atoms with Gasteiger partial charge < -0.3 is 15.1 Å². The molecule has 0 amide bonds. The van der Waals surface area contributed by atoms with Gasteiger partial charge in [0.2, 0.25) is 0 Å². The van der Waals surface area contributed by atoms with E-state index in [0.717, 1.165) is 53.8 Å². The maximum absolute atomic E-state index is 4.61. The lowest BCUT2D eigenvalue weighted by Gasteiger charge is -2.33. The van der Waals surface area contributed by atoms with Gasteiger partial charge in [-0.15, -0.1) is 0 Å². The Hall–Kier alpha value is -1.66. The third kappa shape index (κ3) is 4.00. The highest BCUT2D eigenvalue weighted by atomic mass is 79.9. The molecule has 0 saturated carbocycles. The second-order valence-electron chi connectivity index (χ2n) is 6.03. The summed E-state index contributed by atoms with van der Waals surface area (Å²) >= 11 is 3.50. The second kappa shape index (κ2) is 6.84. The molecule has 0 aliphatic carbocycles. The van der Waals surface area contributed by atoms with E-state index in [1.807, 2.05) is 19.1 Å². The van der Waals surface area contributed by atoms with Gasteiger partial charge in [-0.25, -0.2) is 9.97 Å². The molecule has 2 heterocycles. The number of nitrogens with one attached hydrogen (secondary N) is 1. The molecule has 1 aromatic heterocycles. The summed E-state index contributed by atoms with van der Waals surface area (Å²) in [4.78, 5) is 13.8. The van der Waals surface area contributed by atoms with Crippen LogP contribution in [0.25, 0.3) is 0 Å². The van der Waals surface area contributed by atoms with Crippen molar-refractivity contribution in [3.63, 3.8) is 0 Å². The maximum atomic E-state index is 4.61. The molecule has 1 N–H and O–H groups in total. The molecule has 1 fully saturated rings. The SMILES string of the molecule is Cc1nc(Nc2ccc(Br)cc2C)cc(N2CCN(C)CC2)n1. The topological polar surface area (TPSA) is 44.3 Å². The van der Waals surface area contributed by atoms with Crippen LogP contribution >= 0.6 is 15.9 Å². The highest BCUT2D eigenvalue weighted by Crippen LogP contribution is 2.25. The molecule has 23 heavy (non-hydrogen) atoms. The molecule has 1 aromatic carbocycles. The molecule has 0 radical (unpaired) electrons. The summed E-state index contributed by atoms with van der Waals surface area (Å²) in [5.74, 6) is 2.64. The van der Waals surface area contributed by atoms with E-state index in [1.54, 1.807) is 0 Å². The lowest BCUT2D eigenvalue weighted by Crippen LogP contribution is -2.44. The van der Waals surface area contributed by atoms with E-state index in [2.05, 4.69) is 67.1 Å². The monoisotopic (exact) mass is 375 g/mol. The van der Waals surface area contributed by atoms with Gasteiger partial charge in [-0.05, 0) is 44.7 Å². The average Bonchev–Trinajstić information content (AvgIpc) is 2.50. The number of anilines is 3. The quantitative estimate of drug-likeness (QED) is 0.890. The normalized spacial score (nSPS) is 15.7. The summed E-state index contributed by atoms with van der Waals surface area (Å²) in [5.41, 5.74) is 2.24. The third-order valence-electron chi connectivity index (χ3n) is 4.10. The fourth-order valence-corrected chi connectivity index (χ4v) is 3.19. The zero-order valence-electron chi connectivity index (χ0n) is 13.8. The van der Waals surface area contributed by atoms with Crippen LogP contribution in [0.5, 0.6) is 0 Å². The summed E-state index contributed by atoms with van der Waals surface area (Å²) < 4.78 is 1.08. The molecule has 3 rings (SSSR count). The number of aromatic nitrogens is 2. The van der Waals surface area contributed by atoms with Gasteiger partial charge in [0.25, 0.3) is 0 Å². The van der Waals surface area contributed by atoms with Gasteiger partial charge in [0.15, 0.2) is 0 Å². The van der Waals surface area contributed by atoms with E-state index in [-0.39, 0.29) is 0 Å². The van der Waals surface area contributed by atoms with Crippen LogP contribution in [-0.4, -0.2) is 48.1 Å². The molecule has 2 aromatic rings. The van der Waals surface area contributed by atoms with Crippen molar-refractivity contribution < 1.29 is 0 Å². The van der Waals surface area contributed by atoms with Gasteiger partial charge >= 0.3 is 0 Å². The van der Waals surface area contributed by atoms with Crippen LogP contribution < -0.4 is 10.2 Å². The van der Waals surface area contributed by atoms with Crippen LogP contribution in [0.1, 0.15) is 11.4 Å². The number of nitrogens with zero attached hydrogens (tertiary/aromatic N) is 4. The molecule has 1 saturated heterocycles. The van der Waals surface area contributed by atoms with E-state index in [1.165, 1.54) is 5.56 Å². The Labute approximate surface area is 145 Å². The van der Waals surface area contributed by atoms with Crippen molar-refractivity contribution in [1.82, 2.24) is 14.9 Å². The largest absolute Gasteiger partial charge is 0.354 e. The maximum Gasteiger partial charge on any atom is 0.136 e. The number of piperazine rings is 1. The van der Waals surface area contributed by atoms with E-state index >= 15 is 0 Å². The Morgan fingerprint density at radius 1 is 1.04 bits per heavy atom. The summed E-state index contributed by atoms with van der Waals surface area (Å²) in [6, 6.07) is 8.23. The average molecular weight is 376 g/mol. The molecule has 6 heteroatoms. The summed E-state index contributed by atoms with van der Waals surface area (Å²) in [6.45, 7) is 8.17. The van der Waals surface area contributed by atoms with Crippen molar-refractivity contribution in [1.29, 1.82) is 0 Å². The minimum Gasteiger partial charge on any atom is -0.354 e. The number of halogens is 1. The predicted molar refractivity (Wildman–Crippen MR) is 98.6 cm³/mol. The molecule has 0 atom stereocenters. The highest BCUT2D eigenvalue weighted by molar-refractivity contribution is 9.10. The molecule has 0 unspecified atom stereocenters. The molecule has 0 spiro atoms. The summed E-state index contributed by atoms with van der Waals surface area (Å²) in [6.07, 6.45) is 0. The van der Waals surface area contributed by atoms with E-state index in [0.29, 0.717) is 0 Å². The second-order valence-corrected chi connectivity index (χ2v) is 6.95. The number of benzene rings is 1. The molecular formula is C17H22BrN5. The Bertz CT molecular complexity index is 695. The van der Waals surface area contributed by atoms with Crippen molar-refractivity contribution in [2.45, 2.75) is 13.8 Å². The molecule has 1 aliphatic heterocycles. The molecule has 1 aliphatic rings. The Morgan fingerprint density at radius 3 is 2.48 bits per heavy atom. The lowest BCUT2D eigenvalue weighted by atomic mass is 10.2. The van der Waals surface area contributed by atoms with Gasteiger partial charge in [0.1, 0.15) is 17.5 Å². The molecule has 122 valence electrons. The van der Waals surface area contributed by atoms with Crippen molar-refractivity contribution in [2.75, 3.05) is 43.4 Å². The fraction of sp³-hybridized carbons (Fsp3) is 0.412. The number of hydrogen-bond donors (Lipinski definition) is 1. The predicted octanol–water partition coefficient (Wildman–Crippen LogP) is 3.35. The van der Waals surface area contributed by atoms with Crippen LogP contribution in [0.3, 0.4) is 0 Å².